The number of carbonyl (C=O) groups is 4. The Morgan fingerprint density at radius 2 is 0.887 bits per heavy atom. The Balaban J connectivity index is 2.76. The van der Waals surface area contributed by atoms with Crippen molar-refractivity contribution < 1.29 is 58.2 Å². The number of aliphatic carboxylic acids is 1. The third kappa shape index (κ3) is 37.1. The van der Waals surface area contributed by atoms with Crippen LogP contribution in [0.3, 0.4) is 0 Å². The number of unbranched alkanes of at least 4 members (excludes halogenated alkanes) is 14. The Bertz CT molecular complexity index is 1610. The highest BCUT2D eigenvalue weighted by molar-refractivity contribution is 5.74. The highest BCUT2D eigenvalue weighted by Crippen LogP contribution is 2.26. The zero-order chi connectivity index (χ0) is 51.8. The number of esters is 3. The third-order valence-electron chi connectivity index (χ3n) is 11.7. The van der Waals surface area contributed by atoms with Gasteiger partial charge in [0.2, 0.25) is 0 Å². The zero-order valence-corrected chi connectivity index (χ0v) is 43.9. The number of aliphatic hydroxyl groups is 2. The first-order valence-corrected chi connectivity index (χ1v) is 27.2. The first kappa shape index (κ1) is 64.7. The van der Waals surface area contributed by atoms with Gasteiger partial charge in [-0.2, -0.15) is 0 Å². The van der Waals surface area contributed by atoms with Crippen LogP contribution < -0.4 is 0 Å². The molecule has 402 valence electrons. The van der Waals surface area contributed by atoms with E-state index in [1.165, 1.54) is 25.7 Å². The Hall–Kier alpha value is -4.36. The standard InChI is InChI=1S/C59H94O12/c1-4-7-10-13-16-19-21-23-25-26-28-29-31-34-36-39-42-45-51(60)67-48-50(69-52(61)46-43-40-38-35-32-30-27-24-22-20-17-14-11-8-5-2)49-68-59-57(55(64)54(63)56(71-59)58(65)66)70-53(62)47-44-41-37-33-18-15-12-9-6-3/h7-8,10-11,16-17,19-20,23-25,27-29,32,35,50,54-57,59,63-64H,4-6,9,12-15,18,21-22,26,30-31,33-34,36-49H2,1-3H3,(H,65,66)/b10-7-,11-8-,19-16-,20-17-,25-23-,27-24-,29-28-,35-32-. The van der Waals surface area contributed by atoms with E-state index in [4.69, 9.17) is 23.7 Å². The second-order valence-corrected chi connectivity index (χ2v) is 18.1. The van der Waals surface area contributed by atoms with Crippen LogP contribution in [-0.4, -0.2) is 89.2 Å². The van der Waals surface area contributed by atoms with Crippen molar-refractivity contribution in [2.75, 3.05) is 13.2 Å². The smallest absolute Gasteiger partial charge is 0.335 e. The predicted octanol–water partition coefficient (Wildman–Crippen LogP) is 13.3. The van der Waals surface area contributed by atoms with Gasteiger partial charge < -0.3 is 39.0 Å². The van der Waals surface area contributed by atoms with Gasteiger partial charge in [0.15, 0.2) is 24.6 Å². The summed E-state index contributed by atoms with van der Waals surface area (Å²) in [5, 5.41) is 31.3. The molecule has 1 heterocycles. The van der Waals surface area contributed by atoms with Crippen LogP contribution in [0.5, 0.6) is 0 Å². The minimum Gasteiger partial charge on any atom is -0.479 e. The lowest BCUT2D eigenvalue weighted by molar-refractivity contribution is -0.301. The highest BCUT2D eigenvalue weighted by atomic mass is 16.7. The summed E-state index contributed by atoms with van der Waals surface area (Å²) in [5.74, 6) is -3.22. The highest BCUT2D eigenvalue weighted by Gasteiger charge is 2.50. The fraction of sp³-hybridized carbons (Fsp3) is 0.661. The van der Waals surface area contributed by atoms with E-state index >= 15 is 0 Å². The molecule has 0 aliphatic carbocycles. The monoisotopic (exact) mass is 995 g/mol. The van der Waals surface area contributed by atoms with Crippen LogP contribution in [0, 0.1) is 0 Å². The largest absolute Gasteiger partial charge is 0.479 e. The molecule has 1 aliphatic rings. The third-order valence-corrected chi connectivity index (χ3v) is 11.7. The van der Waals surface area contributed by atoms with Crippen molar-refractivity contribution in [3.63, 3.8) is 0 Å². The fourth-order valence-corrected chi connectivity index (χ4v) is 7.52. The van der Waals surface area contributed by atoms with Gasteiger partial charge in [-0.25, -0.2) is 4.79 Å². The summed E-state index contributed by atoms with van der Waals surface area (Å²) in [4.78, 5) is 50.9. The van der Waals surface area contributed by atoms with E-state index in [9.17, 15) is 34.5 Å². The van der Waals surface area contributed by atoms with Crippen molar-refractivity contribution in [2.24, 2.45) is 0 Å². The second kappa shape index (κ2) is 46.7. The number of carboxylic acid groups (broad SMARTS) is 1. The van der Waals surface area contributed by atoms with Crippen LogP contribution in [0.25, 0.3) is 0 Å². The van der Waals surface area contributed by atoms with Crippen molar-refractivity contribution in [1.82, 2.24) is 0 Å². The summed E-state index contributed by atoms with van der Waals surface area (Å²) < 4.78 is 28.2. The van der Waals surface area contributed by atoms with Gasteiger partial charge in [0.1, 0.15) is 18.8 Å². The lowest BCUT2D eigenvalue weighted by atomic mass is 9.98. The minimum atomic E-state index is -1.91. The van der Waals surface area contributed by atoms with E-state index in [1.807, 2.05) is 0 Å². The molecule has 3 N–H and O–H groups in total. The van der Waals surface area contributed by atoms with Gasteiger partial charge in [0.25, 0.3) is 0 Å². The number of hydrogen-bond acceptors (Lipinski definition) is 11. The van der Waals surface area contributed by atoms with Crippen molar-refractivity contribution >= 4 is 23.9 Å². The Kier molecular flexibility index (Phi) is 42.5. The van der Waals surface area contributed by atoms with E-state index in [0.717, 1.165) is 116 Å². The average molecular weight is 995 g/mol. The molecule has 1 fully saturated rings. The summed E-state index contributed by atoms with van der Waals surface area (Å²) in [6.07, 6.45) is 48.3. The Labute approximate surface area is 428 Å². The lowest BCUT2D eigenvalue weighted by Gasteiger charge is -2.40. The van der Waals surface area contributed by atoms with Crippen LogP contribution in [-0.2, 0) is 42.9 Å². The molecule has 0 aromatic carbocycles. The molecule has 0 amide bonds. The van der Waals surface area contributed by atoms with E-state index in [1.54, 1.807) is 0 Å². The van der Waals surface area contributed by atoms with Crippen molar-refractivity contribution in [2.45, 2.75) is 237 Å². The molecular formula is C59H94O12. The molecule has 71 heavy (non-hydrogen) atoms. The molecule has 12 heteroatoms. The zero-order valence-electron chi connectivity index (χ0n) is 43.9. The van der Waals surface area contributed by atoms with E-state index in [2.05, 4.69) is 118 Å². The van der Waals surface area contributed by atoms with Gasteiger partial charge in [-0.1, -0.05) is 182 Å². The Morgan fingerprint density at radius 3 is 1.38 bits per heavy atom. The van der Waals surface area contributed by atoms with Gasteiger partial charge in [0.05, 0.1) is 6.61 Å². The Morgan fingerprint density at radius 1 is 0.479 bits per heavy atom. The summed E-state index contributed by atoms with van der Waals surface area (Å²) in [6.45, 7) is 5.65. The van der Waals surface area contributed by atoms with Crippen LogP contribution in [0.15, 0.2) is 97.2 Å². The number of rotatable bonds is 44. The molecule has 0 aromatic rings. The normalized spacial score (nSPS) is 19.3. The minimum absolute atomic E-state index is 0.0496. The van der Waals surface area contributed by atoms with Crippen LogP contribution in [0.4, 0.5) is 0 Å². The van der Waals surface area contributed by atoms with Crippen molar-refractivity contribution in [3.8, 4) is 0 Å². The molecule has 1 saturated heterocycles. The van der Waals surface area contributed by atoms with Gasteiger partial charge in [-0.15, -0.1) is 0 Å². The molecule has 0 saturated carbocycles. The molecular weight excluding hydrogens is 901 g/mol. The maximum absolute atomic E-state index is 13.1. The molecule has 1 rings (SSSR count). The molecule has 6 unspecified atom stereocenters. The predicted molar refractivity (Wildman–Crippen MR) is 284 cm³/mol. The summed E-state index contributed by atoms with van der Waals surface area (Å²) >= 11 is 0. The van der Waals surface area contributed by atoms with Crippen molar-refractivity contribution in [1.29, 1.82) is 0 Å². The topological polar surface area (TPSA) is 175 Å². The van der Waals surface area contributed by atoms with Gasteiger partial charge in [-0.05, 0) is 96.3 Å². The first-order chi connectivity index (χ1) is 34.6. The fourth-order valence-electron chi connectivity index (χ4n) is 7.52. The maximum Gasteiger partial charge on any atom is 0.335 e. The first-order valence-electron chi connectivity index (χ1n) is 27.2. The summed E-state index contributed by atoms with van der Waals surface area (Å²) in [5.41, 5.74) is 0. The molecule has 0 aromatic heterocycles. The maximum atomic E-state index is 13.1. The molecule has 0 bridgehead atoms. The van der Waals surface area contributed by atoms with E-state index in [0.29, 0.717) is 19.3 Å². The van der Waals surface area contributed by atoms with E-state index < -0.39 is 67.3 Å². The lowest BCUT2D eigenvalue weighted by Crippen LogP contribution is -2.61. The van der Waals surface area contributed by atoms with Crippen LogP contribution in [0.1, 0.15) is 201 Å². The van der Waals surface area contributed by atoms with Crippen LogP contribution in [0.2, 0.25) is 0 Å². The number of hydrogen-bond donors (Lipinski definition) is 3. The molecule has 0 spiro atoms. The van der Waals surface area contributed by atoms with Gasteiger partial charge in [0, 0.05) is 19.3 Å². The SMILES string of the molecule is CC/C=C\C/C=C\C/C=C\C/C=C\CCCCCCC(=O)OCC(COC1OC(C(=O)O)C(O)C(O)C1OC(=O)CCCCCCCCCCC)OC(=O)CCCC/C=C\C/C=C\C/C=C\C/C=C\CC. The molecule has 0 radical (unpaired) electrons. The molecule has 1 aliphatic heterocycles. The number of aliphatic hydroxyl groups excluding tert-OH is 2. The number of allylic oxidation sites excluding steroid dienone is 16. The number of carbonyl (C=O) groups excluding carboxylic acids is 3. The molecule has 6 atom stereocenters. The average Bonchev–Trinajstić information content (AvgIpc) is 3.35. The van der Waals surface area contributed by atoms with E-state index in [-0.39, 0.29) is 25.9 Å². The van der Waals surface area contributed by atoms with Crippen molar-refractivity contribution in [3.05, 3.63) is 97.2 Å². The van der Waals surface area contributed by atoms with Crippen LogP contribution >= 0.6 is 0 Å². The number of carboxylic acids is 1. The molecule has 12 nitrogen and oxygen atoms in total. The summed E-state index contributed by atoms with van der Waals surface area (Å²) in [7, 11) is 0. The quantitative estimate of drug-likeness (QED) is 0.0228. The van der Waals surface area contributed by atoms with Gasteiger partial charge >= 0.3 is 23.9 Å². The summed E-state index contributed by atoms with van der Waals surface area (Å²) in [6, 6.07) is 0. The number of ether oxygens (including phenoxy) is 5. The van der Waals surface area contributed by atoms with Gasteiger partial charge in [-0.3, -0.25) is 14.4 Å². The second-order valence-electron chi connectivity index (χ2n) is 18.1.